The van der Waals surface area contributed by atoms with Gasteiger partial charge in [-0.3, -0.25) is 9.59 Å². The molecule has 1 aliphatic heterocycles. The third kappa shape index (κ3) is 2.32. The molecule has 2 atom stereocenters. The van der Waals surface area contributed by atoms with Crippen LogP contribution >= 0.6 is 0 Å². The van der Waals surface area contributed by atoms with Gasteiger partial charge in [0.2, 0.25) is 0 Å². The van der Waals surface area contributed by atoms with Crippen LogP contribution in [0.4, 0.5) is 0 Å². The van der Waals surface area contributed by atoms with Gasteiger partial charge in [0.25, 0.3) is 5.91 Å². The summed E-state index contributed by atoms with van der Waals surface area (Å²) in [5, 5.41) is 7.31. The number of carbonyl (C=O) groups is 2. The highest BCUT2D eigenvalue weighted by Gasteiger charge is 2.37. The molecule has 0 spiro atoms. The van der Waals surface area contributed by atoms with E-state index in [0.29, 0.717) is 18.7 Å². The number of methoxy groups -OCH3 is 1. The molecule has 0 aromatic carbocycles. The van der Waals surface area contributed by atoms with Crippen LogP contribution in [0.3, 0.4) is 0 Å². The van der Waals surface area contributed by atoms with Crippen LogP contribution in [0.1, 0.15) is 17.3 Å². The Hall–Kier alpha value is -1.98. The highest BCUT2D eigenvalue weighted by Crippen LogP contribution is 2.25. The number of carbonyl (C=O) groups excluding carboxylic acids is 2. The van der Waals surface area contributed by atoms with Crippen LogP contribution in [0.5, 0.6) is 0 Å². The number of esters is 1. The van der Waals surface area contributed by atoms with Gasteiger partial charge in [0.15, 0.2) is 0 Å². The van der Waals surface area contributed by atoms with E-state index < -0.39 is 0 Å². The monoisotopic (exact) mass is 249 g/mol. The number of likely N-dealkylation sites (tertiary alicyclic amines) is 1. The second-order valence-electron chi connectivity index (χ2n) is 4.45. The van der Waals surface area contributed by atoms with Crippen molar-refractivity contribution < 1.29 is 14.3 Å². The van der Waals surface area contributed by atoms with E-state index in [4.69, 9.17) is 4.74 Å². The summed E-state index contributed by atoms with van der Waals surface area (Å²) >= 11 is 0. The Morgan fingerprint density at radius 2 is 2.17 bits per heavy atom. The van der Waals surface area contributed by atoms with Gasteiger partial charge in [-0.05, 0) is 12.0 Å². The lowest BCUT2D eigenvalue weighted by Crippen LogP contribution is -2.30. The first-order chi connectivity index (χ1) is 8.63. The highest BCUT2D eigenvalue weighted by atomic mass is 16.5. The van der Waals surface area contributed by atoms with Gasteiger partial charge in [0, 0.05) is 13.1 Å². The first kappa shape index (κ1) is 12.5. The molecule has 1 fully saturated rings. The zero-order valence-electron chi connectivity index (χ0n) is 10.4. The van der Waals surface area contributed by atoms with Crippen molar-refractivity contribution in [1.82, 2.24) is 15.1 Å². The molecule has 1 aliphatic rings. The fraction of sp³-hybridized carbons (Fsp3) is 0.500. The predicted octanol–water partition coefficient (Wildman–Crippen LogP) is 0.358. The first-order valence-electron chi connectivity index (χ1n) is 5.77. The van der Waals surface area contributed by atoms with Crippen LogP contribution in [-0.4, -0.2) is 47.2 Å². The largest absolute Gasteiger partial charge is 0.469 e. The van der Waals surface area contributed by atoms with Crippen LogP contribution in [0.2, 0.25) is 0 Å². The highest BCUT2D eigenvalue weighted by molar-refractivity contribution is 5.94. The molecule has 1 aromatic heterocycles. The Morgan fingerprint density at radius 1 is 1.39 bits per heavy atom. The van der Waals surface area contributed by atoms with Crippen LogP contribution in [0.15, 0.2) is 18.5 Å². The smallest absolute Gasteiger partial charge is 0.310 e. The minimum Gasteiger partial charge on any atom is -0.469 e. The molecule has 2 rings (SSSR count). The lowest BCUT2D eigenvalue weighted by Gasteiger charge is -2.15. The number of nitrogens with zero attached hydrogens (tertiary/aromatic N) is 3. The minimum absolute atomic E-state index is 0.108. The van der Waals surface area contributed by atoms with E-state index in [1.165, 1.54) is 19.5 Å². The van der Waals surface area contributed by atoms with Gasteiger partial charge in [0.1, 0.15) is 0 Å². The SMILES string of the molecule is COC(=O)C1CN(C(=O)c2ccnnc2)CC1C. The molecule has 0 saturated carbocycles. The van der Waals surface area contributed by atoms with Crippen molar-refractivity contribution in [3.63, 3.8) is 0 Å². The standard InChI is InChI=1S/C12H15N3O3/c1-8-6-15(7-10(8)12(17)18-2)11(16)9-3-4-13-14-5-9/h3-5,8,10H,6-7H2,1-2H3. The van der Waals surface area contributed by atoms with Crippen molar-refractivity contribution in [3.05, 3.63) is 24.0 Å². The zero-order valence-corrected chi connectivity index (χ0v) is 10.4. The summed E-state index contributed by atoms with van der Waals surface area (Å²) < 4.78 is 4.74. The molecule has 18 heavy (non-hydrogen) atoms. The molecule has 6 heteroatoms. The van der Waals surface area contributed by atoms with Gasteiger partial charge in [-0.25, -0.2) is 0 Å². The molecule has 2 heterocycles. The first-order valence-corrected chi connectivity index (χ1v) is 5.77. The van der Waals surface area contributed by atoms with Crippen molar-refractivity contribution in [2.75, 3.05) is 20.2 Å². The maximum Gasteiger partial charge on any atom is 0.310 e. The minimum atomic E-state index is -0.259. The average molecular weight is 249 g/mol. The molecule has 2 unspecified atom stereocenters. The molecule has 0 radical (unpaired) electrons. The number of aromatic nitrogens is 2. The normalized spacial score (nSPS) is 22.9. The molecule has 0 aliphatic carbocycles. The molecule has 0 N–H and O–H groups in total. The van der Waals surface area contributed by atoms with E-state index in [9.17, 15) is 9.59 Å². The lowest BCUT2D eigenvalue weighted by molar-refractivity contribution is -0.146. The van der Waals surface area contributed by atoms with Crippen LogP contribution in [0, 0.1) is 11.8 Å². The molecule has 0 bridgehead atoms. The van der Waals surface area contributed by atoms with E-state index in [0.717, 1.165) is 0 Å². The van der Waals surface area contributed by atoms with Crippen molar-refractivity contribution >= 4 is 11.9 Å². The number of amides is 1. The van der Waals surface area contributed by atoms with Crippen molar-refractivity contribution in [2.24, 2.45) is 11.8 Å². The van der Waals surface area contributed by atoms with Crippen LogP contribution < -0.4 is 0 Å². The summed E-state index contributed by atoms with van der Waals surface area (Å²) in [6.45, 7) is 2.90. The summed E-state index contributed by atoms with van der Waals surface area (Å²) in [6, 6.07) is 1.62. The number of hydrogen-bond acceptors (Lipinski definition) is 5. The summed E-state index contributed by atoms with van der Waals surface area (Å²) in [6.07, 6.45) is 2.91. The van der Waals surface area contributed by atoms with Gasteiger partial charge >= 0.3 is 5.97 Å². The Bertz CT molecular complexity index is 449. The van der Waals surface area contributed by atoms with Gasteiger partial charge < -0.3 is 9.64 Å². The topological polar surface area (TPSA) is 72.4 Å². The molecule has 1 amide bonds. The molecule has 96 valence electrons. The van der Waals surface area contributed by atoms with Crippen molar-refractivity contribution in [2.45, 2.75) is 6.92 Å². The van der Waals surface area contributed by atoms with Gasteiger partial charge in [-0.2, -0.15) is 10.2 Å². The van der Waals surface area contributed by atoms with Gasteiger partial charge in [-0.1, -0.05) is 6.92 Å². The van der Waals surface area contributed by atoms with E-state index in [2.05, 4.69) is 10.2 Å². The summed E-state index contributed by atoms with van der Waals surface area (Å²) in [7, 11) is 1.37. The molecular formula is C12H15N3O3. The third-order valence-corrected chi connectivity index (χ3v) is 3.23. The van der Waals surface area contributed by atoms with Crippen molar-refractivity contribution in [3.8, 4) is 0 Å². The summed E-state index contributed by atoms with van der Waals surface area (Å²) in [5.41, 5.74) is 0.489. The number of rotatable bonds is 2. The maximum atomic E-state index is 12.2. The second-order valence-corrected chi connectivity index (χ2v) is 4.45. The van der Waals surface area contributed by atoms with Crippen molar-refractivity contribution in [1.29, 1.82) is 0 Å². The van der Waals surface area contributed by atoms with Gasteiger partial charge in [-0.15, -0.1) is 0 Å². The fourth-order valence-electron chi connectivity index (χ4n) is 2.19. The zero-order chi connectivity index (χ0) is 13.1. The van der Waals surface area contributed by atoms with Crippen LogP contribution in [-0.2, 0) is 9.53 Å². The Morgan fingerprint density at radius 3 is 2.78 bits per heavy atom. The molecule has 1 saturated heterocycles. The predicted molar refractivity (Wildman–Crippen MR) is 62.6 cm³/mol. The Balaban J connectivity index is 2.09. The quantitative estimate of drug-likeness (QED) is 0.707. The lowest BCUT2D eigenvalue weighted by atomic mass is 9.99. The van der Waals surface area contributed by atoms with Crippen LogP contribution in [0.25, 0.3) is 0 Å². The van der Waals surface area contributed by atoms with E-state index in [1.807, 2.05) is 6.92 Å². The molecule has 1 aromatic rings. The second kappa shape index (κ2) is 5.12. The van der Waals surface area contributed by atoms with E-state index in [1.54, 1.807) is 11.0 Å². The molecular weight excluding hydrogens is 234 g/mol. The molecule has 6 nitrogen and oxygen atoms in total. The Kier molecular flexibility index (Phi) is 3.55. The number of hydrogen-bond donors (Lipinski definition) is 0. The van der Waals surface area contributed by atoms with E-state index >= 15 is 0 Å². The summed E-state index contributed by atoms with van der Waals surface area (Å²) in [5.74, 6) is -0.515. The van der Waals surface area contributed by atoms with E-state index in [-0.39, 0.29) is 23.7 Å². The Labute approximate surface area is 105 Å². The van der Waals surface area contributed by atoms with Gasteiger partial charge in [0.05, 0.1) is 31.0 Å². The third-order valence-electron chi connectivity index (χ3n) is 3.23. The maximum absolute atomic E-state index is 12.2. The number of ether oxygens (including phenoxy) is 1. The summed E-state index contributed by atoms with van der Waals surface area (Å²) in [4.78, 5) is 25.4. The average Bonchev–Trinajstić information content (AvgIpc) is 2.80. The fourth-order valence-corrected chi connectivity index (χ4v) is 2.19.